The number of hydrogen-bond donors (Lipinski definition) is 1. The van der Waals surface area contributed by atoms with Crippen molar-refractivity contribution < 1.29 is 4.79 Å². The van der Waals surface area contributed by atoms with Gasteiger partial charge in [-0.15, -0.1) is 0 Å². The number of anilines is 1. The molecular weight excluding hydrogens is 396 g/mol. The molecule has 1 amide bonds. The highest BCUT2D eigenvalue weighted by Gasteiger charge is 2.09. The Kier molecular flexibility index (Phi) is 4.71. The Hall–Kier alpha value is -0.780. The highest BCUT2D eigenvalue weighted by Crippen LogP contribution is 2.25. The summed E-state index contributed by atoms with van der Waals surface area (Å²) < 4.78 is 1.02. The average molecular weight is 406 g/mol. The first-order valence-corrected chi connectivity index (χ1v) is 7.33. The molecule has 0 aliphatic carbocycles. The van der Waals surface area contributed by atoms with Crippen LogP contribution in [-0.4, -0.2) is 5.91 Å². The molecule has 5 heteroatoms. The van der Waals surface area contributed by atoms with E-state index in [0.717, 1.165) is 9.13 Å². The third-order valence-corrected chi connectivity index (χ3v) is 4.01. The van der Waals surface area contributed by atoms with Gasteiger partial charge in [-0.05, 0) is 71.5 Å². The van der Waals surface area contributed by atoms with E-state index >= 15 is 0 Å². The van der Waals surface area contributed by atoms with Gasteiger partial charge >= 0.3 is 0 Å². The van der Waals surface area contributed by atoms with Crippen molar-refractivity contribution in [3.8, 4) is 0 Å². The molecular formula is C14H10Cl2INO. The minimum atomic E-state index is -0.206. The molecule has 0 saturated heterocycles. The van der Waals surface area contributed by atoms with Crippen molar-refractivity contribution >= 4 is 57.4 Å². The molecule has 1 N–H and O–H groups in total. The Bertz CT molecular complexity index is 643. The molecule has 0 heterocycles. The van der Waals surface area contributed by atoms with Gasteiger partial charge in [0, 0.05) is 14.2 Å². The zero-order valence-corrected chi connectivity index (χ0v) is 13.7. The zero-order chi connectivity index (χ0) is 14.0. The summed E-state index contributed by atoms with van der Waals surface area (Å²) in [5, 5.41) is 3.94. The second kappa shape index (κ2) is 6.11. The second-order valence-corrected chi connectivity index (χ2v) is 6.10. The number of carbonyl (C=O) groups is 1. The number of halogens is 3. The highest BCUT2D eigenvalue weighted by molar-refractivity contribution is 14.1. The molecule has 0 unspecified atom stereocenters. The molecule has 0 spiro atoms. The predicted octanol–water partition coefficient (Wildman–Crippen LogP) is 5.16. The number of amides is 1. The highest BCUT2D eigenvalue weighted by atomic mass is 127. The van der Waals surface area contributed by atoms with Crippen molar-refractivity contribution in [1.82, 2.24) is 0 Å². The zero-order valence-electron chi connectivity index (χ0n) is 10.0. The number of hydrogen-bond acceptors (Lipinski definition) is 1. The van der Waals surface area contributed by atoms with Crippen LogP contribution >= 0.6 is 45.8 Å². The van der Waals surface area contributed by atoms with E-state index in [1.54, 1.807) is 30.3 Å². The van der Waals surface area contributed by atoms with Crippen LogP contribution in [0.1, 0.15) is 15.9 Å². The molecule has 2 rings (SSSR count). The minimum Gasteiger partial charge on any atom is -0.321 e. The van der Waals surface area contributed by atoms with Gasteiger partial charge in [0.25, 0.3) is 5.91 Å². The summed E-state index contributed by atoms with van der Waals surface area (Å²) >= 11 is 14.2. The number of rotatable bonds is 2. The quantitative estimate of drug-likeness (QED) is 0.687. The molecule has 0 radical (unpaired) electrons. The number of nitrogens with one attached hydrogen (secondary N) is 1. The molecule has 0 fully saturated rings. The predicted molar refractivity (Wildman–Crippen MR) is 88.3 cm³/mol. The Morgan fingerprint density at radius 2 is 1.84 bits per heavy atom. The van der Waals surface area contributed by atoms with Gasteiger partial charge in [0.05, 0.1) is 10.7 Å². The lowest BCUT2D eigenvalue weighted by Gasteiger charge is -2.08. The van der Waals surface area contributed by atoms with Crippen LogP contribution in [-0.2, 0) is 0 Å². The van der Waals surface area contributed by atoms with Crippen LogP contribution in [0.4, 0.5) is 5.69 Å². The van der Waals surface area contributed by atoms with E-state index in [0.29, 0.717) is 21.3 Å². The number of benzene rings is 2. The van der Waals surface area contributed by atoms with E-state index in [2.05, 4.69) is 27.9 Å². The van der Waals surface area contributed by atoms with E-state index in [1.165, 1.54) is 0 Å². The first-order chi connectivity index (χ1) is 8.97. The maximum atomic E-state index is 12.1. The summed E-state index contributed by atoms with van der Waals surface area (Å²) in [5.74, 6) is -0.206. The lowest BCUT2D eigenvalue weighted by atomic mass is 10.1. The van der Waals surface area contributed by atoms with Gasteiger partial charge in [-0.25, -0.2) is 0 Å². The van der Waals surface area contributed by atoms with Crippen molar-refractivity contribution in [2.24, 2.45) is 0 Å². The molecule has 19 heavy (non-hydrogen) atoms. The SMILES string of the molecule is Cc1cc(C(=O)Nc2ccc(I)cc2Cl)ccc1Cl. The van der Waals surface area contributed by atoms with Crippen molar-refractivity contribution in [2.75, 3.05) is 5.32 Å². The molecule has 0 aliphatic rings. The first kappa shape index (κ1) is 14.6. The van der Waals surface area contributed by atoms with Gasteiger partial charge in [-0.1, -0.05) is 23.2 Å². The lowest BCUT2D eigenvalue weighted by molar-refractivity contribution is 0.102. The standard InChI is InChI=1S/C14H10Cl2INO/c1-8-6-9(2-4-11(8)15)14(19)18-13-5-3-10(17)7-12(13)16/h2-7H,1H3,(H,18,19). The van der Waals surface area contributed by atoms with E-state index in [4.69, 9.17) is 23.2 Å². The van der Waals surface area contributed by atoms with Crippen LogP contribution in [0.3, 0.4) is 0 Å². The summed E-state index contributed by atoms with van der Waals surface area (Å²) in [5.41, 5.74) is 2.01. The second-order valence-electron chi connectivity index (χ2n) is 4.04. The molecule has 2 nitrogen and oxygen atoms in total. The largest absolute Gasteiger partial charge is 0.321 e. The van der Waals surface area contributed by atoms with E-state index in [-0.39, 0.29) is 5.91 Å². The Morgan fingerprint density at radius 1 is 1.11 bits per heavy atom. The monoisotopic (exact) mass is 405 g/mol. The molecule has 2 aromatic rings. The number of carbonyl (C=O) groups excluding carboxylic acids is 1. The summed E-state index contributed by atoms with van der Waals surface area (Å²) in [7, 11) is 0. The van der Waals surface area contributed by atoms with Crippen LogP contribution in [0.15, 0.2) is 36.4 Å². The lowest BCUT2D eigenvalue weighted by Crippen LogP contribution is -2.12. The fourth-order valence-corrected chi connectivity index (χ4v) is 2.59. The minimum absolute atomic E-state index is 0.206. The van der Waals surface area contributed by atoms with Gasteiger partial charge in [0.15, 0.2) is 0 Å². The molecule has 0 aliphatic heterocycles. The molecule has 0 aromatic heterocycles. The van der Waals surface area contributed by atoms with Gasteiger partial charge in [-0.2, -0.15) is 0 Å². The van der Waals surface area contributed by atoms with Crippen LogP contribution in [0, 0.1) is 10.5 Å². The van der Waals surface area contributed by atoms with E-state index in [1.807, 2.05) is 13.0 Å². The van der Waals surface area contributed by atoms with Crippen LogP contribution < -0.4 is 5.32 Å². The normalized spacial score (nSPS) is 10.3. The Labute approximate surface area is 135 Å². The van der Waals surface area contributed by atoms with Crippen molar-refractivity contribution in [2.45, 2.75) is 6.92 Å². The van der Waals surface area contributed by atoms with Gasteiger partial charge in [0.1, 0.15) is 0 Å². The van der Waals surface area contributed by atoms with Crippen LogP contribution in [0.25, 0.3) is 0 Å². The van der Waals surface area contributed by atoms with E-state index in [9.17, 15) is 4.79 Å². The van der Waals surface area contributed by atoms with E-state index < -0.39 is 0 Å². The van der Waals surface area contributed by atoms with Crippen LogP contribution in [0.2, 0.25) is 10.0 Å². The Balaban J connectivity index is 2.23. The summed E-state index contributed by atoms with van der Waals surface area (Å²) in [6.45, 7) is 1.86. The summed E-state index contributed by atoms with van der Waals surface area (Å²) in [6, 6.07) is 10.6. The van der Waals surface area contributed by atoms with Gasteiger partial charge in [-0.3, -0.25) is 4.79 Å². The molecule has 0 bridgehead atoms. The van der Waals surface area contributed by atoms with Gasteiger partial charge < -0.3 is 5.32 Å². The topological polar surface area (TPSA) is 29.1 Å². The van der Waals surface area contributed by atoms with Crippen LogP contribution in [0.5, 0.6) is 0 Å². The molecule has 0 saturated carbocycles. The molecule has 0 atom stereocenters. The average Bonchev–Trinajstić information content (AvgIpc) is 2.36. The summed E-state index contributed by atoms with van der Waals surface area (Å²) in [6.07, 6.45) is 0. The number of aryl methyl sites for hydroxylation is 1. The van der Waals surface area contributed by atoms with Crippen molar-refractivity contribution in [3.05, 3.63) is 61.1 Å². The maximum Gasteiger partial charge on any atom is 0.255 e. The third kappa shape index (κ3) is 3.61. The fraction of sp³-hybridized carbons (Fsp3) is 0.0714. The summed E-state index contributed by atoms with van der Waals surface area (Å²) in [4.78, 5) is 12.1. The maximum absolute atomic E-state index is 12.1. The van der Waals surface area contributed by atoms with Crippen molar-refractivity contribution in [1.29, 1.82) is 0 Å². The molecule has 98 valence electrons. The molecule has 2 aromatic carbocycles. The smallest absolute Gasteiger partial charge is 0.255 e. The van der Waals surface area contributed by atoms with Crippen molar-refractivity contribution in [3.63, 3.8) is 0 Å². The third-order valence-electron chi connectivity index (χ3n) is 2.60. The Morgan fingerprint density at radius 3 is 2.47 bits per heavy atom. The van der Waals surface area contributed by atoms with Gasteiger partial charge in [0.2, 0.25) is 0 Å². The first-order valence-electron chi connectivity index (χ1n) is 5.50. The fourth-order valence-electron chi connectivity index (χ4n) is 1.57.